The van der Waals surface area contributed by atoms with Gasteiger partial charge in [0.25, 0.3) is 0 Å². The van der Waals surface area contributed by atoms with Crippen molar-refractivity contribution in [2.24, 2.45) is 0 Å². The second-order valence-electron chi connectivity index (χ2n) is 7.59. The van der Waals surface area contributed by atoms with E-state index in [1.807, 2.05) is 49.4 Å². The molecule has 0 bridgehead atoms. The summed E-state index contributed by atoms with van der Waals surface area (Å²) in [5.41, 5.74) is 3.14. The number of benzene rings is 3. The van der Waals surface area contributed by atoms with E-state index in [2.05, 4.69) is 15.6 Å². The third-order valence-corrected chi connectivity index (χ3v) is 5.17. The molecule has 0 saturated carbocycles. The SMILES string of the molecule is Cc1ccc(CNc2nc(=O)n(CC(=O)NCc3ccc(F)cc3)c3ccccc23)cc1. The smallest absolute Gasteiger partial charge is 0.350 e. The molecule has 0 unspecified atom stereocenters. The van der Waals surface area contributed by atoms with Gasteiger partial charge in [0.1, 0.15) is 18.2 Å². The Morgan fingerprint density at radius 2 is 1.59 bits per heavy atom. The molecule has 0 aliphatic heterocycles. The van der Waals surface area contributed by atoms with Crippen molar-refractivity contribution in [3.8, 4) is 0 Å². The molecule has 7 heteroatoms. The highest BCUT2D eigenvalue weighted by Crippen LogP contribution is 2.20. The molecule has 0 spiro atoms. The predicted molar refractivity (Wildman–Crippen MR) is 123 cm³/mol. The van der Waals surface area contributed by atoms with Crippen LogP contribution in [0.1, 0.15) is 16.7 Å². The van der Waals surface area contributed by atoms with Gasteiger partial charge in [0.15, 0.2) is 0 Å². The van der Waals surface area contributed by atoms with Gasteiger partial charge in [0.05, 0.1) is 5.52 Å². The predicted octanol–water partition coefficient (Wildman–Crippen LogP) is 3.77. The maximum Gasteiger partial charge on any atom is 0.350 e. The number of hydrogen-bond acceptors (Lipinski definition) is 4. The number of hydrogen-bond donors (Lipinski definition) is 2. The fraction of sp³-hybridized carbons (Fsp3) is 0.160. The van der Waals surface area contributed by atoms with E-state index in [1.165, 1.54) is 22.3 Å². The number of anilines is 1. The zero-order valence-corrected chi connectivity index (χ0v) is 17.6. The lowest BCUT2D eigenvalue weighted by Gasteiger charge is -2.14. The molecular weight excluding hydrogens is 407 g/mol. The van der Waals surface area contributed by atoms with Crippen LogP contribution in [0.3, 0.4) is 0 Å². The highest BCUT2D eigenvalue weighted by molar-refractivity contribution is 5.90. The first kappa shape index (κ1) is 21.2. The number of fused-ring (bicyclic) bond motifs is 1. The van der Waals surface area contributed by atoms with Gasteiger partial charge in [-0.3, -0.25) is 9.36 Å². The van der Waals surface area contributed by atoms with Crippen LogP contribution in [0, 0.1) is 12.7 Å². The van der Waals surface area contributed by atoms with Crippen LogP contribution in [0.4, 0.5) is 10.2 Å². The van der Waals surface area contributed by atoms with E-state index >= 15 is 0 Å². The van der Waals surface area contributed by atoms with Gasteiger partial charge in [-0.2, -0.15) is 4.98 Å². The van der Waals surface area contributed by atoms with Crippen LogP contribution >= 0.6 is 0 Å². The monoisotopic (exact) mass is 430 g/mol. The van der Waals surface area contributed by atoms with Gasteiger partial charge in [-0.1, -0.05) is 54.1 Å². The molecule has 3 aromatic carbocycles. The van der Waals surface area contributed by atoms with Gasteiger partial charge < -0.3 is 10.6 Å². The number of aromatic nitrogens is 2. The van der Waals surface area contributed by atoms with E-state index in [0.717, 1.165) is 16.5 Å². The van der Waals surface area contributed by atoms with Crippen molar-refractivity contribution in [1.29, 1.82) is 0 Å². The summed E-state index contributed by atoms with van der Waals surface area (Å²) >= 11 is 0. The largest absolute Gasteiger partial charge is 0.365 e. The first-order valence-corrected chi connectivity index (χ1v) is 10.3. The highest BCUT2D eigenvalue weighted by Gasteiger charge is 2.13. The normalized spacial score (nSPS) is 10.8. The van der Waals surface area contributed by atoms with E-state index in [4.69, 9.17) is 0 Å². The van der Waals surface area contributed by atoms with Gasteiger partial charge >= 0.3 is 5.69 Å². The van der Waals surface area contributed by atoms with Crippen LogP contribution in [0.5, 0.6) is 0 Å². The number of carbonyl (C=O) groups excluding carboxylic acids is 1. The number of amides is 1. The Hall–Kier alpha value is -4.00. The van der Waals surface area contributed by atoms with Gasteiger partial charge in [-0.05, 0) is 42.3 Å². The fourth-order valence-corrected chi connectivity index (χ4v) is 3.41. The topological polar surface area (TPSA) is 76.0 Å². The molecule has 0 aliphatic rings. The maximum atomic E-state index is 13.0. The molecule has 1 heterocycles. The second kappa shape index (κ2) is 9.43. The molecule has 0 radical (unpaired) electrons. The first-order chi connectivity index (χ1) is 15.5. The number of nitrogens with zero attached hydrogens (tertiary/aromatic N) is 2. The van der Waals surface area contributed by atoms with E-state index in [9.17, 15) is 14.0 Å². The van der Waals surface area contributed by atoms with Gasteiger partial charge in [0.2, 0.25) is 5.91 Å². The Kier molecular flexibility index (Phi) is 6.26. The molecule has 6 nitrogen and oxygen atoms in total. The molecule has 1 aromatic heterocycles. The Balaban J connectivity index is 1.52. The average Bonchev–Trinajstić information content (AvgIpc) is 2.80. The Morgan fingerprint density at radius 1 is 0.938 bits per heavy atom. The van der Waals surface area contributed by atoms with Crippen molar-refractivity contribution in [1.82, 2.24) is 14.9 Å². The van der Waals surface area contributed by atoms with E-state index < -0.39 is 5.69 Å². The van der Waals surface area contributed by atoms with Crippen LogP contribution in [0.25, 0.3) is 10.9 Å². The number of rotatable bonds is 7. The van der Waals surface area contributed by atoms with Gasteiger partial charge in [-0.25, -0.2) is 9.18 Å². The Bertz CT molecular complexity index is 1300. The Morgan fingerprint density at radius 3 is 2.34 bits per heavy atom. The zero-order chi connectivity index (χ0) is 22.5. The van der Waals surface area contributed by atoms with Crippen molar-refractivity contribution in [2.75, 3.05) is 5.32 Å². The van der Waals surface area contributed by atoms with Gasteiger partial charge in [0, 0.05) is 18.5 Å². The standard InChI is InChI=1S/C25H23FN4O2/c1-17-6-8-18(9-7-17)15-28-24-21-4-2-3-5-22(21)30(25(32)29-24)16-23(31)27-14-19-10-12-20(26)13-11-19/h2-13H,14-16H2,1H3,(H,27,31)(H,28,29,32). The molecule has 0 aliphatic carbocycles. The third-order valence-electron chi connectivity index (χ3n) is 5.17. The number of carbonyl (C=O) groups is 1. The molecule has 1 amide bonds. The summed E-state index contributed by atoms with van der Waals surface area (Å²) in [6, 6.07) is 21.3. The summed E-state index contributed by atoms with van der Waals surface area (Å²) in [7, 11) is 0. The lowest BCUT2D eigenvalue weighted by atomic mass is 10.1. The maximum absolute atomic E-state index is 13.0. The van der Waals surface area contributed by atoms with Crippen molar-refractivity contribution < 1.29 is 9.18 Å². The summed E-state index contributed by atoms with van der Waals surface area (Å²) in [4.78, 5) is 29.4. The third kappa shape index (κ3) is 5.00. The van der Waals surface area contributed by atoms with Crippen LogP contribution in [0.15, 0.2) is 77.6 Å². The number of nitrogens with one attached hydrogen (secondary N) is 2. The minimum atomic E-state index is -0.507. The first-order valence-electron chi connectivity index (χ1n) is 10.3. The molecule has 0 saturated heterocycles. The Labute approximate surface area is 184 Å². The lowest BCUT2D eigenvalue weighted by molar-refractivity contribution is -0.121. The van der Waals surface area contributed by atoms with Crippen molar-refractivity contribution >= 4 is 22.6 Å². The molecule has 2 N–H and O–H groups in total. The summed E-state index contributed by atoms with van der Waals surface area (Å²) in [5.74, 6) is -0.182. The van der Waals surface area contributed by atoms with Crippen molar-refractivity contribution in [2.45, 2.75) is 26.6 Å². The molecule has 162 valence electrons. The number of halogens is 1. The lowest BCUT2D eigenvalue weighted by Crippen LogP contribution is -2.33. The molecule has 4 rings (SSSR count). The quantitative estimate of drug-likeness (QED) is 0.468. The van der Waals surface area contributed by atoms with Crippen LogP contribution < -0.4 is 16.3 Å². The van der Waals surface area contributed by atoms with Crippen LogP contribution in [-0.4, -0.2) is 15.5 Å². The summed E-state index contributed by atoms with van der Waals surface area (Å²) in [6.45, 7) is 2.64. The molecule has 4 aromatic rings. The van der Waals surface area contributed by atoms with Crippen LogP contribution in [-0.2, 0) is 24.4 Å². The summed E-state index contributed by atoms with van der Waals surface area (Å²) in [5, 5.41) is 6.76. The molecule has 0 fully saturated rings. The van der Waals surface area contributed by atoms with Crippen LogP contribution in [0.2, 0.25) is 0 Å². The average molecular weight is 430 g/mol. The minimum Gasteiger partial charge on any atom is -0.365 e. The molecule has 0 atom stereocenters. The van der Waals surface area contributed by atoms with Crippen molar-refractivity contribution in [3.05, 3.63) is 106 Å². The van der Waals surface area contributed by atoms with E-state index in [0.29, 0.717) is 17.9 Å². The minimum absolute atomic E-state index is 0.161. The van der Waals surface area contributed by atoms with Gasteiger partial charge in [-0.15, -0.1) is 0 Å². The highest BCUT2D eigenvalue weighted by atomic mass is 19.1. The molecule has 32 heavy (non-hydrogen) atoms. The van der Waals surface area contributed by atoms with E-state index in [-0.39, 0.29) is 24.8 Å². The summed E-state index contributed by atoms with van der Waals surface area (Å²) in [6.07, 6.45) is 0. The number of para-hydroxylation sites is 1. The zero-order valence-electron chi connectivity index (χ0n) is 17.6. The molecular formula is C25H23FN4O2. The van der Waals surface area contributed by atoms with E-state index in [1.54, 1.807) is 18.2 Å². The van der Waals surface area contributed by atoms with Crippen molar-refractivity contribution in [3.63, 3.8) is 0 Å². The second-order valence-corrected chi connectivity index (χ2v) is 7.59. The number of aryl methyl sites for hydroxylation is 1. The summed E-state index contributed by atoms with van der Waals surface area (Å²) < 4.78 is 14.4. The fourth-order valence-electron chi connectivity index (χ4n) is 3.41.